The van der Waals surface area contributed by atoms with Gasteiger partial charge in [0.25, 0.3) is 0 Å². The van der Waals surface area contributed by atoms with Crippen molar-refractivity contribution in [3.05, 3.63) is 118 Å². The van der Waals surface area contributed by atoms with E-state index < -0.39 is 0 Å². The van der Waals surface area contributed by atoms with E-state index in [4.69, 9.17) is 39.8 Å². The molecule has 0 amide bonds. The molecule has 2 aromatic carbocycles. The third-order valence-electron chi connectivity index (χ3n) is 9.28. The van der Waals surface area contributed by atoms with Crippen LogP contribution in [0.3, 0.4) is 0 Å². The van der Waals surface area contributed by atoms with Gasteiger partial charge >= 0.3 is 0 Å². The van der Waals surface area contributed by atoms with Gasteiger partial charge in [-0.05, 0) is 60.4 Å². The molecule has 2 fully saturated rings. The van der Waals surface area contributed by atoms with E-state index in [9.17, 15) is 0 Å². The first-order valence-electron chi connectivity index (χ1n) is 17.6. The summed E-state index contributed by atoms with van der Waals surface area (Å²) in [5, 5.41) is 3.66. The summed E-state index contributed by atoms with van der Waals surface area (Å²) in [5.74, 6) is 1.44. The van der Waals surface area contributed by atoms with Crippen molar-refractivity contribution >= 4 is 68.1 Å². The number of halogens is 3. The largest absolute Gasteiger partial charge is 0.344 e. The van der Waals surface area contributed by atoms with Crippen LogP contribution in [0.25, 0.3) is 22.8 Å². The lowest BCUT2D eigenvalue weighted by Crippen LogP contribution is -2.47. The van der Waals surface area contributed by atoms with Crippen molar-refractivity contribution in [3.63, 3.8) is 0 Å². The molecule has 0 bridgehead atoms. The van der Waals surface area contributed by atoms with E-state index in [2.05, 4.69) is 85.8 Å². The highest BCUT2D eigenvalue weighted by Gasteiger charge is 2.22. The highest BCUT2D eigenvalue weighted by molar-refractivity contribution is 7.10. The Morgan fingerprint density at radius 1 is 0.528 bits per heavy atom. The fourth-order valence-corrected chi connectivity index (χ4v) is 8.15. The Labute approximate surface area is 333 Å². The monoisotopic (exact) mass is 804 g/mol. The van der Waals surface area contributed by atoms with Crippen LogP contribution >= 0.6 is 57.9 Å². The van der Waals surface area contributed by atoms with Gasteiger partial charge in [-0.15, -0.1) is 0 Å². The molecule has 2 aliphatic rings. The zero-order valence-electron chi connectivity index (χ0n) is 29.1. The Kier molecular flexibility index (Phi) is 13.1. The lowest BCUT2D eigenvalue weighted by atomic mass is 10.1. The van der Waals surface area contributed by atoms with E-state index >= 15 is 0 Å². The molecule has 0 radical (unpaired) electrons. The first-order chi connectivity index (χ1) is 25.9. The van der Waals surface area contributed by atoms with E-state index in [0.717, 1.165) is 111 Å². The third kappa shape index (κ3) is 10.7. The highest BCUT2D eigenvalue weighted by Crippen LogP contribution is 2.27. The SMILES string of the molecule is Clc1cc(-c2nsc(N3CCN(CCc4ccccc4)CC3)n2)ccn1.Clc1ccc(CCN2CCN(c3nc(-c4ccnc(Cl)c4)ns3)CC2)cc1. The molecule has 6 aromatic rings. The number of benzene rings is 2. The summed E-state index contributed by atoms with van der Waals surface area (Å²) in [4.78, 5) is 27.0. The number of hydrogen-bond acceptors (Lipinski definition) is 12. The van der Waals surface area contributed by atoms with Gasteiger partial charge in [-0.2, -0.15) is 18.7 Å². The molecule has 0 aliphatic carbocycles. The van der Waals surface area contributed by atoms with Crippen molar-refractivity contribution in [1.82, 2.24) is 38.5 Å². The fraction of sp³-hybridized carbons (Fsp3) is 0.316. The second-order valence-corrected chi connectivity index (χ2v) is 15.5. The van der Waals surface area contributed by atoms with Crippen molar-refractivity contribution in [2.45, 2.75) is 12.8 Å². The summed E-state index contributed by atoms with van der Waals surface area (Å²) in [5.41, 5.74) is 4.54. The Morgan fingerprint density at radius 2 is 0.981 bits per heavy atom. The van der Waals surface area contributed by atoms with Crippen LogP contribution in [0, 0.1) is 0 Å². The van der Waals surface area contributed by atoms with E-state index in [0.29, 0.717) is 16.1 Å². The predicted molar refractivity (Wildman–Crippen MR) is 219 cm³/mol. The Bertz CT molecular complexity index is 2030. The first kappa shape index (κ1) is 37.6. The summed E-state index contributed by atoms with van der Waals surface area (Å²) in [7, 11) is 0. The molecule has 53 heavy (non-hydrogen) atoms. The molecule has 0 saturated carbocycles. The van der Waals surface area contributed by atoms with Crippen molar-refractivity contribution in [2.24, 2.45) is 0 Å². The number of anilines is 2. The summed E-state index contributed by atoms with van der Waals surface area (Å²) in [6.45, 7) is 10.2. The van der Waals surface area contributed by atoms with Crippen LogP contribution in [-0.2, 0) is 12.8 Å². The van der Waals surface area contributed by atoms with Crippen LogP contribution in [-0.4, -0.2) is 104 Å². The molecule has 4 aromatic heterocycles. The summed E-state index contributed by atoms with van der Waals surface area (Å²) >= 11 is 20.8. The van der Waals surface area contributed by atoms with Crippen molar-refractivity contribution in [1.29, 1.82) is 0 Å². The Hall–Kier alpha value is -3.75. The minimum absolute atomic E-state index is 0.457. The summed E-state index contributed by atoms with van der Waals surface area (Å²) in [6.07, 6.45) is 5.51. The van der Waals surface area contributed by atoms with Gasteiger partial charge in [-0.1, -0.05) is 77.3 Å². The number of nitrogens with zero attached hydrogens (tertiary/aromatic N) is 10. The average Bonchev–Trinajstić information content (AvgIpc) is 3.90. The lowest BCUT2D eigenvalue weighted by molar-refractivity contribution is 0.261. The minimum atomic E-state index is 0.457. The van der Waals surface area contributed by atoms with Gasteiger partial charge in [0.1, 0.15) is 10.3 Å². The molecule has 0 unspecified atom stereocenters. The van der Waals surface area contributed by atoms with Gasteiger partial charge in [0.15, 0.2) is 11.6 Å². The van der Waals surface area contributed by atoms with Crippen LogP contribution in [0.5, 0.6) is 0 Å². The van der Waals surface area contributed by atoms with Crippen molar-refractivity contribution in [3.8, 4) is 22.8 Å². The second kappa shape index (κ2) is 18.5. The zero-order valence-corrected chi connectivity index (χ0v) is 33.0. The number of aromatic nitrogens is 6. The number of hydrogen-bond donors (Lipinski definition) is 0. The smallest absolute Gasteiger partial charge is 0.205 e. The molecule has 8 rings (SSSR count). The standard InChI is InChI=1S/C19H19Cl2N5S.C19H20ClN5S/c20-16-3-1-14(2-4-16)6-8-25-9-11-26(12-10-25)19-23-18(24-27-19)15-5-7-22-17(21)13-15;20-17-14-16(6-8-21-17)18-22-19(26-23-18)25-12-10-24(11-13-25)9-7-15-4-2-1-3-5-15/h1-5,7,13H,6,8-12H2;1-6,8,14H,7,9-13H2. The van der Waals surface area contributed by atoms with Crippen LogP contribution in [0.1, 0.15) is 11.1 Å². The predicted octanol–water partition coefficient (Wildman–Crippen LogP) is 7.89. The lowest BCUT2D eigenvalue weighted by Gasteiger charge is -2.34. The number of rotatable bonds is 10. The van der Waals surface area contributed by atoms with Crippen LogP contribution in [0.4, 0.5) is 10.3 Å². The third-order valence-corrected chi connectivity index (χ3v) is 11.5. The second-order valence-electron chi connectivity index (χ2n) is 12.8. The zero-order chi connectivity index (χ0) is 36.4. The molecular formula is C38H39Cl3N10S2. The maximum atomic E-state index is 5.96. The molecule has 0 N–H and O–H groups in total. The maximum absolute atomic E-state index is 5.96. The molecule has 2 aliphatic heterocycles. The number of piperazine rings is 2. The van der Waals surface area contributed by atoms with Gasteiger partial charge < -0.3 is 9.80 Å². The highest BCUT2D eigenvalue weighted by atomic mass is 35.5. The van der Waals surface area contributed by atoms with Gasteiger partial charge in [-0.25, -0.2) is 9.97 Å². The average molecular weight is 806 g/mol. The van der Waals surface area contributed by atoms with E-state index in [1.807, 2.05) is 24.3 Å². The summed E-state index contributed by atoms with van der Waals surface area (Å²) in [6, 6.07) is 26.2. The Balaban J connectivity index is 0.000000164. The van der Waals surface area contributed by atoms with Crippen molar-refractivity contribution in [2.75, 3.05) is 75.2 Å². The van der Waals surface area contributed by atoms with Gasteiger partial charge in [-0.3, -0.25) is 9.80 Å². The topological polar surface area (TPSA) is 90.3 Å². The Morgan fingerprint density at radius 3 is 1.43 bits per heavy atom. The molecule has 274 valence electrons. The molecule has 0 spiro atoms. The molecule has 2 saturated heterocycles. The van der Waals surface area contributed by atoms with Crippen LogP contribution in [0.15, 0.2) is 91.3 Å². The molecule has 6 heterocycles. The molecule has 15 heteroatoms. The minimum Gasteiger partial charge on any atom is -0.344 e. The summed E-state index contributed by atoms with van der Waals surface area (Å²) < 4.78 is 8.97. The van der Waals surface area contributed by atoms with E-state index in [1.165, 1.54) is 34.2 Å². The van der Waals surface area contributed by atoms with E-state index in [-0.39, 0.29) is 0 Å². The molecule has 0 atom stereocenters. The fourth-order valence-electron chi connectivity index (χ4n) is 6.20. The quantitative estimate of drug-likeness (QED) is 0.127. The molecule has 10 nitrogen and oxygen atoms in total. The van der Waals surface area contributed by atoms with Crippen LogP contribution in [0.2, 0.25) is 15.3 Å². The van der Waals surface area contributed by atoms with Gasteiger partial charge in [0, 0.05) is 117 Å². The van der Waals surface area contributed by atoms with Gasteiger partial charge in [0.2, 0.25) is 10.3 Å². The maximum Gasteiger partial charge on any atom is 0.205 e. The van der Waals surface area contributed by atoms with Crippen LogP contribution < -0.4 is 9.80 Å². The van der Waals surface area contributed by atoms with E-state index in [1.54, 1.807) is 24.5 Å². The molecular weight excluding hydrogens is 767 g/mol. The van der Waals surface area contributed by atoms with Gasteiger partial charge in [0.05, 0.1) is 0 Å². The normalized spacial score (nSPS) is 15.3. The van der Waals surface area contributed by atoms with Crippen molar-refractivity contribution < 1.29 is 0 Å². The number of pyridine rings is 2. The first-order valence-corrected chi connectivity index (χ1v) is 20.3.